The Hall–Kier alpha value is -4.18. The van der Waals surface area contributed by atoms with Gasteiger partial charge in [0.1, 0.15) is 25.1 Å². The number of esters is 2. The van der Waals surface area contributed by atoms with Crippen LogP contribution in [0.25, 0.3) is 0 Å². The molecule has 0 spiro atoms. The summed E-state index contributed by atoms with van der Waals surface area (Å²) in [5, 5.41) is 7.00. The number of benzene rings is 3. The Morgan fingerprint density at radius 3 is 1.82 bits per heavy atom. The number of alkyl halides is 4. The summed E-state index contributed by atoms with van der Waals surface area (Å²) in [6, 6.07) is 23.9. The van der Waals surface area contributed by atoms with Crippen LogP contribution in [0.2, 0.25) is 0 Å². The van der Waals surface area contributed by atoms with E-state index in [1.165, 1.54) is 48.5 Å². The van der Waals surface area contributed by atoms with Gasteiger partial charge in [-0.05, 0) is 24.3 Å². The zero-order valence-corrected chi connectivity index (χ0v) is 23.8. The summed E-state index contributed by atoms with van der Waals surface area (Å²) >= 11 is 0. The van der Waals surface area contributed by atoms with Gasteiger partial charge in [-0.1, -0.05) is 66.7 Å². The number of aliphatic hydroxyl groups is 1. The maximum atomic E-state index is 15.1. The molecule has 44 heavy (non-hydrogen) atoms. The lowest BCUT2D eigenvalue weighted by atomic mass is 10.0. The van der Waals surface area contributed by atoms with Crippen LogP contribution in [0.1, 0.15) is 37.5 Å². The van der Waals surface area contributed by atoms with E-state index in [1.807, 2.05) is 18.2 Å². The third-order valence-electron chi connectivity index (χ3n) is 5.57. The molecule has 2 unspecified atom stereocenters. The van der Waals surface area contributed by atoms with Crippen LogP contribution < -0.4 is 0 Å². The fourth-order valence-electron chi connectivity index (χ4n) is 3.51. The van der Waals surface area contributed by atoms with Gasteiger partial charge in [-0.2, -0.15) is 21.6 Å². The first kappa shape index (κ1) is 36.0. The Morgan fingerprint density at radius 2 is 1.36 bits per heavy atom. The van der Waals surface area contributed by atoms with E-state index in [2.05, 4.69) is 4.18 Å². The van der Waals surface area contributed by atoms with E-state index in [1.54, 1.807) is 24.3 Å². The molecule has 15 heteroatoms. The summed E-state index contributed by atoms with van der Waals surface area (Å²) in [5.74, 6) is -1.90. The summed E-state index contributed by atoms with van der Waals surface area (Å²) in [7, 11) is -5.11. The van der Waals surface area contributed by atoms with Gasteiger partial charge in [-0.15, -0.1) is 0 Å². The predicted octanol–water partition coefficient (Wildman–Crippen LogP) is 4.50. The van der Waals surface area contributed by atoms with Gasteiger partial charge in [-0.25, -0.2) is 18.2 Å². The van der Waals surface area contributed by atoms with Crippen molar-refractivity contribution < 1.29 is 63.9 Å². The van der Waals surface area contributed by atoms with Crippen LogP contribution in [-0.4, -0.2) is 75.6 Å². The normalized spacial score (nSPS) is 19.6. The van der Waals surface area contributed by atoms with Crippen molar-refractivity contribution in [3.63, 3.8) is 0 Å². The monoisotopic (exact) mass is 644 g/mol. The minimum atomic E-state index is -6.11. The number of carbonyl (C=O) groups excluding carboxylic acids is 3. The number of aliphatic hydroxyl groups excluding tert-OH is 1. The van der Waals surface area contributed by atoms with Crippen LogP contribution in [-0.2, 0) is 28.5 Å². The topological polar surface area (TPSA) is 142 Å². The molecule has 10 nitrogen and oxygen atoms in total. The number of hydrogen-bond donors (Lipinski definition) is 1. The first-order valence-corrected chi connectivity index (χ1v) is 14.0. The van der Waals surface area contributed by atoms with Crippen molar-refractivity contribution in [2.75, 3.05) is 13.7 Å². The van der Waals surface area contributed by atoms with Crippen LogP contribution in [0.15, 0.2) is 91.0 Å². The first-order valence-electron chi connectivity index (χ1n) is 12.6. The number of aldehydes is 1. The standard InChI is InChI=1S/C21H18F4O8S.C7H6O.CH4O/c22-18-15(32-20(27)14-9-5-2-6-10-14)11-17(33-34(28,29)21(23,24)25)31-16(18)12-30-19(26)13-7-3-1-4-8-13;8-6-7-4-2-1-3-5-7;1-2/h1-10,15-18H,11-12H2;1-6H;2H,1H3/t15?,16?,17-,18+;;/m1../s1. The lowest BCUT2D eigenvalue weighted by molar-refractivity contribution is -0.216. The van der Waals surface area contributed by atoms with E-state index in [9.17, 15) is 36.0 Å². The predicted molar refractivity (Wildman–Crippen MR) is 147 cm³/mol. The molecule has 3 aromatic rings. The highest BCUT2D eigenvalue weighted by Gasteiger charge is 2.51. The molecule has 4 rings (SSSR count). The third kappa shape index (κ3) is 10.8. The number of carbonyl (C=O) groups is 3. The van der Waals surface area contributed by atoms with Gasteiger partial charge < -0.3 is 19.3 Å². The zero-order valence-electron chi connectivity index (χ0n) is 23.0. The molecular formula is C29H28F4O10S. The molecule has 1 aliphatic rings. The third-order valence-corrected chi connectivity index (χ3v) is 6.61. The van der Waals surface area contributed by atoms with Crippen LogP contribution in [0.4, 0.5) is 17.6 Å². The van der Waals surface area contributed by atoms with Crippen LogP contribution >= 0.6 is 0 Å². The highest BCUT2D eigenvalue weighted by molar-refractivity contribution is 7.87. The molecule has 238 valence electrons. The van der Waals surface area contributed by atoms with E-state index in [0.717, 1.165) is 19.0 Å². The fourth-order valence-corrected chi connectivity index (χ4v) is 4.03. The molecule has 0 aromatic heterocycles. The fraction of sp³-hybridized carbons (Fsp3) is 0.276. The van der Waals surface area contributed by atoms with Crippen LogP contribution in [0.5, 0.6) is 0 Å². The number of hydrogen-bond acceptors (Lipinski definition) is 10. The summed E-state index contributed by atoms with van der Waals surface area (Å²) in [6.07, 6.45) is -7.91. The Morgan fingerprint density at radius 1 is 0.886 bits per heavy atom. The number of rotatable bonds is 8. The van der Waals surface area contributed by atoms with Gasteiger partial charge in [0.05, 0.1) is 11.1 Å². The van der Waals surface area contributed by atoms with E-state index < -0.39 is 65.3 Å². The van der Waals surface area contributed by atoms with Crippen molar-refractivity contribution in [1.29, 1.82) is 0 Å². The lowest BCUT2D eigenvalue weighted by Gasteiger charge is -2.36. The lowest BCUT2D eigenvalue weighted by Crippen LogP contribution is -2.51. The Balaban J connectivity index is 0.000000577. The van der Waals surface area contributed by atoms with Crippen molar-refractivity contribution in [2.45, 2.75) is 36.6 Å². The highest BCUT2D eigenvalue weighted by Crippen LogP contribution is 2.32. The molecule has 1 N–H and O–H groups in total. The zero-order chi connectivity index (χ0) is 32.8. The summed E-state index contributed by atoms with van der Waals surface area (Å²) < 4.78 is 95.1. The molecule has 0 radical (unpaired) electrons. The molecule has 1 heterocycles. The average molecular weight is 645 g/mol. The van der Waals surface area contributed by atoms with E-state index in [-0.39, 0.29) is 11.1 Å². The maximum absolute atomic E-state index is 15.1. The van der Waals surface area contributed by atoms with Gasteiger partial charge in [0.15, 0.2) is 12.5 Å². The van der Waals surface area contributed by atoms with Gasteiger partial charge in [0, 0.05) is 19.1 Å². The molecule has 0 bridgehead atoms. The molecule has 1 fully saturated rings. The van der Waals surface area contributed by atoms with Crippen LogP contribution in [0, 0.1) is 0 Å². The molecule has 0 aliphatic carbocycles. The minimum absolute atomic E-state index is 0.0219. The molecule has 0 saturated carbocycles. The minimum Gasteiger partial charge on any atom is -0.459 e. The highest BCUT2D eigenvalue weighted by atomic mass is 32.2. The van der Waals surface area contributed by atoms with Crippen molar-refractivity contribution in [3.8, 4) is 0 Å². The second-order valence-electron chi connectivity index (χ2n) is 8.58. The van der Waals surface area contributed by atoms with Gasteiger partial charge in [-0.3, -0.25) is 4.79 Å². The smallest absolute Gasteiger partial charge is 0.459 e. The van der Waals surface area contributed by atoms with Gasteiger partial charge in [0.2, 0.25) is 0 Å². The van der Waals surface area contributed by atoms with E-state index >= 15 is 4.39 Å². The molecule has 1 aliphatic heterocycles. The average Bonchev–Trinajstić information content (AvgIpc) is 3.03. The molecule has 3 aromatic carbocycles. The summed E-state index contributed by atoms with van der Waals surface area (Å²) in [4.78, 5) is 34.4. The Kier molecular flexibility index (Phi) is 14.1. The van der Waals surface area contributed by atoms with Crippen LogP contribution in [0.3, 0.4) is 0 Å². The quantitative estimate of drug-likeness (QED) is 0.123. The second kappa shape index (κ2) is 17.2. The van der Waals surface area contributed by atoms with Crippen molar-refractivity contribution >= 4 is 28.3 Å². The number of halogens is 4. The first-order chi connectivity index (χ1) is 20.9. The summed E-state index contributed by atoms with van der Waals surface area (Å²) in [5.41, 5.74) is -4.91. The van der Waals surface area contributed by atoms with Gasteiger partial charge >= 0.3 is 27.6 Å². The van der Waals surface area contributed by atoms with Gasteiger partial charge in [0.25, 0.3) is 0 Å². The van der Waals surface area contributed by atoms with Crippen molar-refractivity contribution in [1.82, 2.24) is 0 Å². The Labute approximate surface area is 250 Å². The second-order valence-corrected chi connectivity index (χ2v) is 10.1. The largest absolute Gasteiger partial charge is 0.523 e. The Bertz CT molecular complexity index is 1420. The molecule has 0 amide bonds. The maximum Gasteiger partial charge on any atom is 0.523 e. The SMILES string of the molecule is CO.O=C(OCC1O[C@H](OS(=O)(=O)C(F)(F)F)CC(OC(=O)c2ccccc2)[C@@H]1F)c1ccccc1.O=Cc1ccccc1. The van der Waals surface area contributed by atoms with E-state index in [4.69, 9.17) is 19.3 Å². The molecule has 1 saturated heterocycles. The molecule has 4 atom stereocenters. The van der Waals surface area contributed by atoms with Crippen molar-refractivity contribution in [3.05, 3.63) is 108 Å². The number of ether oxygens (including phenoxy) is 3. The molecular weight excluding hydrogens is 616 g/mol. The van der Waals surface area contributed by atoms with Crippen molar-refractivity contribution in [2.24, 2.45) is 0 Å². The summed E-state index contributed by atoms with van der Waals surface area (Å²) in [6.45, 7) is -0.819. The van der Waals surface area contributed by atoms with E-state index in [0.29, 0.717) is 0 Å².